The van der Waals surface area contributed by atoms with Crippen molar-refractivity contribution >= 4 is 18.3 Å². The quantitative estimate of drug-likeness (QED) is 0.804. The first-order valence-corrected chi connectivity index (χ1v) is 6.12. The molecule has 2 rings (SSSR count). The lowest BCUT2D eigenvalue weighted by atomic mass is 10.0. The van der Waals surface area contributed by atoms with Gasteiger partial charge in [-0.3, -0.25) is 4.79 Å². The zero-order valence-electron chi connectivity index (χ0n) is 10.4. The predicted octanol–water partition coefficient (Wildman–Crippen LogP) is 1.66. The monoisotopic (exact) mass is 246 g/mol. The maximum atomic E-state index is 12.2. The molecular formula is C12H23ClN2O. The van der Waals surface area contributed by atoms with E-state index < -0.39 is 0 Å². The van der Waals surface area contributed by atoms with Crippen LogP contribution >= 0.6 is 12.4 Å². The number of nitrogens with one attached hydrogen (secondary N) is 1. The lowest BCUT2D eigenvalue weighted by molar-refractivity contribution is -0.137. The average molecular weight is 247 g/mol. The second kappa shape index (κ2) is 5.37. The summed E-state index contributed by atoms with van der Waals surface area (Å²) in [5, 5.41) is 3.45. The Labute approximate surface area is 104 Å². The van der Waals surface area contributed by atoms with Crippen LogP contribution in [0, 0.1) is 11.8 Å². The summed E-state index contributed by atoms with van der Waals surface area (Å²) in [5.74, 6) is 1.30. The molecule has 0 aromatic carbocycles. The predicted molar refractivity (Wildman–Crippen MR) is 67.8 cm³/mol. The van der Waals surface area contributed by atoms with Crippen molar-refractivity contribution in [3.05, 3.63) is 0 Å². The van der Waals surface area contributed by atoms with Crippen LogP contribution in [0.1, 0.15) is 33.6 Å². The highest BCUT2D eigenvalue weighted by Crippen LogP contribution is 2.37. The number of carbonyl (C=O) groups excluding carboxylic acids is 1. The normalized spacial score (nSPS) is 31.8. The van der Waals surface area contributed by atoms with Crippen molar-refractivity contribution in [1.29, 1.82) is 0 Å². The van der Waals surface area contributed by atoms with Gasteiger partial charge in [0.25, 0.3) is 0 Å². The van der Waals surface area contributed by atoms with Gasteiger partial charge in [-0.05, 0) is 32.6 Å². The van der Waals surface area contributed by atoms with Gasteiger partial charge in [0.1, 0.15) is 0 Å². The van der Waals surface area contributed by atoms with E-state index in [1.165, 1.54) is 12.8 Å². The molecule has 0 aromatic heterocycles. The summed E-state index contributed by atoms with van der Waals surface area (Å²) in [6.07, 6.45) is 2.51. The van der Waals surface area contributed by atoms with E-state index in [9.17, 15) is 4.79 Å². The zero-order valence-corrected chi connectivity index (χ0v) is 11.2. The lowest BCUT2D eigenvalue weighted by Gasteiger charge is -2.37. The fraction of sp³-hybridized carbons (Fsp3) is 0.917. The molecule has 0 bridgehead atoms. The number of hydrogen-bond acceptors (Lipinski definition) is 2. The van der Waals surface area contributed by atoms with E-state index in [1.54, 1.807) is 0 Å². The van der Waals surface area contributed by atoms with Crippen LogP contribution in [0.2, 0.25) is 0 Å². The Kier molecular flexibility index (Phi) is 4.62. The fourth-order valence-electron chi connectivity index (χ4n) is 2.59. The van der Waals surface area contributed by atoms with Crippen LogP contribution in [0.3, 0.4) is 0 Å². The molecule has 2 fully saturated rings. The van der Waals surface area contributed by atoms with Crippen LogP contribution in [0.5, 0.6) is 0 Å². The third-order valence-corrected chi connectivity index (χ3v) is 3.59. The molecular weight excluding hydrogens is 224 g/mol. The molecule has 1 saturated heterocycles. The molecule has 4 heteroatoms. The summed E-state index contributed by atoms with van der Waals surface area (Å²) < 4.78 is 0. The molecule has 1 heterocycles. The molecule has 94 valence electrons. The van der Waals surface area contributed by atoms with Gasteiger partial charge in [0, 0.05) is 31.1 Å². The van der Waals surface area contributed by atoms with Gasteiger partial charge in [-0.25, -0.2) is 0 Å². The minimum Gasteiger partial charge on any atom is -0.339 e. The molecule has 1 amide bonds. The highest BCUT2D eigenvalue weighted by atomic mass is 35.5. The van der Waals surface area contributed by atoms with Crippen molar-refractivity contribution in [2.45, 2.75) is 45.7 Å². The molecule has 1 aliphatic heterocycles. The van der Waals surface area contributed by atoms with Crippen LogP contribution < -0.4 is 5.32 Å². The number of hydrogen-bond donors (Lipinski definition) is 1. The van der Waals surface area contributed by atoms with Crippen molar-refractivity contribution < 1.29 is 4.79 Å². The maximum absolute atomic E-state index is 12.2. The third-order valence-electron chi connectivity index (χ3n) is 3.59. The van der Waals surface area contributed by atoms with E-state index in [0.717, 1.165) is 13.1 Å². The van der Waals surface area contributed by atoms with Crippen LogP contribution in [-0.2, 0) is 4.79 Å². The molecule has 0 spiro atoms. The van der Waals surface area contributed by atoms with Crippen LogP contribution in [0.25, 0.3) is 0 Å². The molecule has 1 aliphatic carbocycles. The molecule has 1 saturated carbocycles. The van der Waals surface area contributed by atoms with E-state index in [4.69, 9.17) is 0 Å². The fourth-order valence-corrected chi connectivity index (χ4v) is 2.59. The highest BCUT2D eigenvalue weighted by molar-refractivity contribution is 5.85. The van der Waals surface area contributed by atoms with E-state index >= 15 is 0 Å². The summed E-state index contributed by atoms with van der Waals surface area (Å²) >= 11 is 0. The number of nitrogens with zero attached hydrogens (tertiary/aromatic N) is 1. The number of piperazine rings is 1. The summed E-state index contributed by atoms with van der Waals surface area (Å²) in [6.45, 7) is 8.15. The molecule has 3 unspecified atom stereocenters. The number of carbonyl (C=O) groups is 1. The topological polar surface area (TPSA) is 32.3 Å². The van der Waals surface area contributed by atoms with Gasteiger partial charge in [-0.2, -0.15) is 0 Å². The Balaban J connectivity index is 0.00000128. The van der Waals surface area contributed by atoms with E-state index in [-0.39, 0.29) is 18.3 Å². The van der Waals surface area contributed by atoms with Crippen LogP contribution in [-0.4, -0.2) is 36.0 Å². The smallest absolute Gasteiger partial charge is 0.225 e. The molecule has 0 radical (unpaired) electrons. The van der Waals surface area contributed by atoms with Crippen LogP contribution in [0.15, 0.2) is 0 Å². The van der Waals surface area contributed by atoms with E-state index in [2.05, 4.69) is 31.0 Å². The molecule has 3 atom stereocenters. The lowest BCUT2D eigenvalue weighted by Crippen LogP contribution is -2.56. The summed E-state index contributed by atoms with van der Waals surface area (Å²) in [4.78, 5) is 14.2. The summed E-state index contributed by atoms with van der Waals surface area (Å²) in [6, 6.07) is 0.869. The molecule has 2 aliphatic rings. The minimum atomic E-state index is 0. The van der Waals surface area contributed by atoms with Gasteiger partial charge in [-0.1, -0.05) is 6.92 Å². The maximum Gasteiger partial charge on any atom is 0.225 e. The summed E-state index contributed by atoms with van der Waals surface area (Å²) in [5.41, 5.74) is 0. The van der Waals surface area contributed by atoms with Crippen LogP contribution in [0.4, 0.5) is 0 Å². The van der Waals surface area contributed by atoms with Gasteiger partial charge in [0.2, 0.25) is 5.91 Å². The largest absolute Gasteiger partial charge is 0.339 e. The van der Waals surface area contributed by atoms with Gasteiger partial charge in [0.05, 0.1) is 0 Å². The zero-order chi connectivity index (χ0) is 11.0. The van der Waals surface area contributed by atoms with E-state index in [1.807, 2.05) is 0 Å². The average Bonchev–Trinajstić information content (AvgIpc) is 2.97. The van der Waals surface area contributed by atoms with Gasteiger partial charge in [0.15, 0.2) is 0 Å². The molecule has 16 heavy (non-hydrogen) atoms. The second-order valence-corrected chi connectivity index (χ2v) is 5.34. The first kappa shape index (κ1) is 13.8. The Hall–Kier alpha value is -0.280. The van der Waals surface area contributed by atoms with Crippen molar-refractivity contribution in [1.82, 2.24) is 10.2 Å². The van der Waals surface area contributed by atoms with Crippen molar-refractivity contribution in [2.24, 2.45) is 11.8 Å². The minimum absolute atomic E-state index is 0. The standard InChI is InChI=1S/C12H22N2O.ClH/c1-8-6-14(7-9(2)13-8)12(15)10(3)11-4-5-11;/h8-11,13H,4-7H2,1-3H3;1H. The van der Waals surface area contributed by atoms with Crippen molar-refractivity contribution in [3.8, 4) is 0 Å². The van der Waals surface area contributed by atoms with E-state index in [0.29, 0.717) is 23.9 Å². The van der Waals surface area contributed by atoms with Gasteiger partial charge >= 0.3 is 0 Å². The van der Waals surface area contributed by atoms with Crippen molar-refractivity contribution in [2.75, 3.05) is 13.1 Å². The Morgan fingerprint density at radius 3 is 2.19 bits per heavy atom. The first-order chi connectivity index (χ1) is 7.08. The molecule has 0 aromatic rings. The Bertz CT molecular complexity index is 245. The number of amides is 1. The van der Waals surface area contributed by atoms with Gasteiger partial charge < -0.3 is 10.2 Å². The Morgan fingerprint density at radius 2 is 1.75 bits per heavy atom. The molecule has 3 nitrogen and oxygen atoms in total. The van der Waals surface area contributed by atoms with Crippen molar-refractivity contribution in [3.63, 3.8) is 0 Å². The second-order valence-electron chi connectivity index (χ2n) is 5.34. The third kappa shape index (κ3) is 3.11. The number of rotatable bonds is 2. The number of halogens is 1. The van der Waals surface area contributed by atoms with Gasteiger partial charge in [-0.15, -0.1) is 12.4 Å². The first-order valence-electron chi connectivity index (χ1n) is 6.12. The Morgan fingerprint density at radius 1 is 1.25 bits per heavy atom. The summed E-state index contributed by atoms with van der Waals surface area (Å²) in [7, 11) is 0. The highest BCUT2D eigenvalue weighted by Gasteiger charge is 2.36. The molecule has 1 N–H and O–H groups in total. The SMILES string of the molecule is CC1CN(C(=O)C(C)C2CC2)CC(C)N1.Cl.